The summed E-state index contributed by atoms with van der Waals surface area (Å²) in [7, 11) is 0. The highest BCUT2D eigenvalue weighted by molar-refractivity contribution is 9.10. The largest absolute Gasteiger partial charge is 0.278 e. The highest BCUT2D eigenvalue weighted by atomic mass is 79.9. The van der Waals surface area contributed by atoms with Gasteiger partial charge in [0.15, 0.2) is 0 Å². The first-order valence-corrected chi connectivity index (χ1v) is 6.95. The van der Waals surface area contributed by atoms with Crippen LogP contribution in [0.5, 0.6) is 0 Å². The zero-order valence-corrected chi connectivity index (χ0v) is 12.2. The molecule has 0 saturated heterocycles. The minimum absolute atomic E-state index is 0.776. The molecule has 0 amide bonds. The number of anilines is 1. The number of halogens is 2. The van der Waals surface area contributed by atoms with Crippen molar-refractivity contribution in [2.24, 2.45) is 5.10 Å². The molecule has 0 bridgehead atoms. The van der Waals surface area contributed by atoms with Crippen LogP contribution in [-0.2, 0) is 0 Å². The summed E-state index contributed by atoms with van der Waals surface area (Å²) in [6, 6.07) is 11.7. The Balaban J connectivity index is 2.08. The van der Waals surface area contributed by atoms with Crippen LogP contribution in [-0.4, -0.2) is 5.71 Å². The molecule has 0 radical (unpaired) electrons. The van der Waals surface area contributed by atoms with Crippen LogP contribution in [0.15, 0.2) is 46.0 Å². The molecule has 0 saturated carbocycles. The summed E-state index contributed by atoms with van der Waals surface area (Å²) < 4.78 is 1.83. The van der Waals surface area contributed by atoms with Crippen molar-refractivity contribution in [1.82, 2.24) is 0 Å². The molecule has 0 fully saturated rings. The minimum Gasteiger partial charge on any atom is -0.278 e. The molecule has 2 rings (SSSR count). The fraction of sp³-hybridized carbons (Fsp3) is 0.0833. The maximum Gasteiger partial charge on any atom is 0.0935 e. The van der Waals surface area contributed by atoms with Gasteiger partial charge < -0.3 is 0 Å². The van der Waals surface area contributed by atoms with Crippen molar-refractivity contribution in [3.63, 3.8) is 0 Å². The van der Waals surface area contributed by atoms with Crippen LogP contribution < -0.4 is 5.43 Å². The Hall–Kier alpha value is -0.840. The van der Waals surface area contributed by atoms with Gasteiger partial charge in [0.25, 0.3) is 0 Å². The summed E-state index contributed by atoms with van der Waals surface area (Å²) in [6.07, 6.45) is 0. The van der Waals surface area contributed by atoms with E-state index in [9.17, 15) is 0 Å². The molecule has 0 aliphatic rings. The van der Waals surface area contributed by atoms with Crippen molar-refractivity contribution in [1.29, 1.82) is 0 Å². The van der Waals surface area contributed by atoms with Crippen molar-refractivity contribution >= 4 is 50.3 Å². The highest BCUT2D eigenvalue weighted by Gasteiger charge is 2.01. The Morgan fingerprint density at radius 3 is 2.53 bits per heavy atom. The first kappa shape index (κ1) is 12.6. The lowest BCUT2D eigenvalue weighted by molar-refractivity contribution is 1.32. The molecule has 5 heteroatoms. The van der Waals surface area contributed by atoms with E-state index in [4.69, 9.17) is 11.6 Å². The predicted octanol–water partition coefficient (Wildman–Crippen LogP) is 5.00. The monoisotopic (exact) mass is 328 g/mol. The molecule has 0 unspecified atom stereocenters. The van der Waals surface area contributed by atoms with Crippen LogP contribution in [0.2, 0.25) is 4.34 Å². The molecular weight excluding hydrogens is 320 g/mol. The highest BCUT2D eigenvalue weighted by Crippen LogP contribution is 2.22. The molecule has 88 valence electrons. The maximum absolute atomic E-state index is 5.88. The molecule has 2 nitrogen and oxygen atoms in total. The van der Waals surface area contributed by atoms with Crippen molar-refractivity contribution in [3.05, 3.63) is 50.1 Å². The summed E-state index contributed by atoms with van der Waals surface area (Å²) >= 11 is 10.8. The Bertz CT molecular complexity index is 534. The second-order valence-electron chi connectivity index (χ2n) is 3.42. The topological polar surface area (TPSA) is 24.4 Å². The lowest BCUT2D eigenvalue weighted by atomic mass is 10.3. The Morgan fingerprint density at radius 2 is 1.94 bits per heavy atom. The smallest absolute Gasteiger partial charge is 0.0935 e. The second kappa shape index (κ2) is 5.67. The fourth-order valence-electron chi connectivity index (χ4n) is 1.24. The SMILES string of the molecule is C/C(=N/Nc1ccc(Br)cc1)c1ccc(Cl)s1. The molecule has 1 aromatic carbocycles. The maximum atomic E-state index is 5.88. The molecule has 1 N–H and O–H groups in total. The van der Waals surface area contributed by atoms with Crippen LogP contribution >= 0.6 is 38.9 Å². The van der Waals surface area contributed by atoms with Gasteiger partial charge in [-0.15, -0.1) is 11.3 Å². The fourth-order valence-corrected chi connectivity index (χ4v) is 2.49. The van der Waals surface area contributed by atoms with Gasteiger partial charge in [0, 0.05) is 4.47 Å². The Morgan fingerprint density at radius 1 is 1.24 bits per heavy atom. The van der Waals surface area contributed by atoms with Crippen LogP contribution in [0, 0.1) is 0 Å². The Kier molecular flexibility index (Phi) is 4.20. The van der Waals surface area contributed by atoms with Crippen molar-refractivity contribution in [2.45, 2.75) is 6.92 Å². The van der Waals surface area contributed by atoms with Crippen molar-refractivity contribution in [3.8, 4) is 0 Å². The first-order valence-electron chi connectivity index (χ1n) is 4.97. The summed E-state index contributed by atoms with van der Waals surface area (Å²) in [4.78, 5) is 1.07. The number of hydrogen-bond donors (Lipinski definition) is 1. The molecule has 0 aliphatic carbocycles. The lowest BCUT2D eigenvalue weighted by Gasteiger charge is -2.01. The quantitative estimate of drug-likeness (QED) is 0.622. The van der Waals surface area contributed by atoms with Crippen LogP contribution in [0.4, 0.5) is 5.69 Å². The van der Waals surface area contributed by atoms with Gasteiger partial charge >= 0.3 is 0 Å². The summed E-state index contributed by atoms with van der Waals surface area (Å²) in [5.41, 5.74) is 4.89. The number of nitrogens with one attached hydrogen (secondary N) is 1. The molecule has 0 aliphatic heterocycles. The van der Waals surface area contributed by atoms with Crippen LogP contribution in [0.25, 0.3) is 0 Å². The van der Waals surface area contributed by atoms with E-state index in [1.54, 1.807) is 0 Å². The van der Waals surface area contributed by atoms with E-state index in [-0.39, 0.29) is 0 Å². The van der Waals surface area contributed by atoms with E-state index < -0.39 is 0 Å². The predicted molar refractivity (Wildman–Crippen MR) is 79.3 cm³/mol. The third-order valence-corrected chi connectivity index (χ3v) is 4.00. The number of hydrazone groups is 1. The van der Waals surface area contributed by atoms with E-state index in [1.807, 2.05) is 43.3 Å². The lowest BCUT2D eigenvalue weighted by Crippen LogP contribution is -1.96. The van der Waals surface area contributed by atoms with Crippen molar-refractivity contribution < 1.29 is 0 Å². The third-order valence-electron chi connectivity index (χ3n) is 2.13. The number of benzene rings is 1. The van der Waals surface area contributed by atoms with Crippen molar-refractivity contribution in [2.75, 3.05) is 5.43 Å². The average molecular weight is 330 g/mol. The molecular formula is C12H10BrClN2S. The van der Waals surface area contributed by atoms with Gasteiger partial charge in [0.05, 0.1) is 20.6 Å². The summed E-state index contributed by atoms with van der Waals surface area (Å²) in [6.45, 7) is 1.95. The van der Waals surface area contributed by atoms with E-state index >= 15 is 0 Å². The van der Waals surface area contributed by atoms with Gasteiger partial charge in [0.2, 0.25) is 0 Å². The summed E-state index contributed by atoms with van der Waals surface area (Å²) in [5.74, 6) is 0. The first-order chi connectivity index (χ1) is 8.15. The molecule has 17 heavy (non-hydrogen) atoms. The van der Waals surface area contributed by atoms with Gasteiger partial charge in [-0.05, 0) is 43.3 Å². The molecule has 1 aromatic heterocycles. The number of nitrogens with zero attached hydrogens (tertiary/aromatic N) is 1. The zero-order chi connectivity index (χ0) is 12.3. The van der Waals surface area contributed by atoms with Crippen LogP contribution in [0.3, 0.4) is 0 Å². The molecule has 0 atom stereocenters. The number of hydrogen-bond acceptors (Lipinski definition) is 3. The molecule has 0 spiro atoms. The van der Waals surface area contributed by atoms with E-state index in [0.717, 1.165) is 25.1 Å². The normalized spacial score (nSPS) is 11.6. The van der Waals surface area contributed by atoms with Crippen LogP contribution in [0.1, 0.15) is 11.8 Å². The van der Waals surface area contributed by atoms with Gasteiger partial charge in [0.1, 0.15) is 0 Å². The third kappa shape index (κ3) is 3.56. The average Bonchev–Trinajstić information content (AvgIpc) is 2.75. The number of thiophene rings is 1. The van der Waals surface area contributed by atoms with E-state index in [2.05, 4.69) is 26.5 Å². The molecule has 1 heterocycles. The Labute approximate surface area is 117 Å². The van der Waals surface area contributed by atoms with Gasteiger partial charge in [-0.1, -0.05) is 27.5 Å². The number of rotatable bonds is 3. The van der Waals surface area contributed by atoms with E-state index in [0.29, 0.717) is 0 Å². The van der Waals surface area contributed by atoms with E-state index in [1.165, 1.54) is 11.3 Å². The van der Waals surface area contributed by atoms with Gasteiger partial charge in [-0.25, -0.2) is 0 Å². The minimum atomic E-state index is 0.776. The van der Waals surface area contributed by atoms with Gasteiger partial charge in [-0.2, -0.15) is 5.10 Å². The molecule has 2 aromatic rings. The summed E-state index contributed by atoms with van der Waals surface area (Å²) in [5, 5.41) is 4.31. The standard InChI is InChI=1S/C12H10BrClN2S/c1-8(11-6-7-12(14)17-11)15-16-10-4-2-9(13)3-5-10/h2-7,16H,1H3/b15-8-. The zero-order valence-electron chi connectivity index (χ0n) is 9.08. The van der Waals surface area contributed by atoms with Gasteiger partial charge in [-0.3, -0.25) is 5.43 Å². The second-order valence-corrected chi connectivity index (χ2v) is 6.05.